The molecule has 0 unspecified atom stereocenters. The number of aliphatic hydroxyl groups excluding tert-OH is 1. The van der Waals surface area contributed by atoms with Crippen LogP contribution in [-0.4, -0.2) is 18.9 Å². The summed E-state index contributed by atoms with van der Waals surface area (Å²) in [7, 11) is 1.68. The van der Waals surface area contributed by atoms with Gasteiger partial charge in [-0.1, -0.05) is 0 Å². The normalized spacial score (nSPS) is 7.50. The molecule has 0 saturated heterocycles. The van der Waals surface area contributed by atoms with Gasteiger partial charge in [0.2, 0.25) is 0 Å². The first-order chi connectivity index (χ1) is 1.91. The van der Waals surface area contributed by atoms with Crippen molar-refractivity contribution in [1.82, 2.24) is 5.32 Å². The quantitative estimate of drug-likeness (QED) is 0.387. The monoisotopic (exact) mass is 61.1 g/mol. The number of rotatable bonds is 1. The van der Waals surface area contributed by atoms with E-state index in [1.54, 1.807) is 7.05 Å². The van der Waals surface area contributed by atoms with E-state index in [9.17, 15) is 0 Å². The number of hydrogen-bond acceptors (Lipinski definition) is 2. The van der Waals surface area contributed by atoms with Gasteiger partial charge < -0.3 is 5.11 Å². The molecule has 0 aliphatic rings. The summed E-state index contributed by atoms with van der Waals surface area (Å²) in [5.74, 6) is 0. The molecule has 0 rings (SSSR count). The summed E-state index contributed by atoms with van der Waals surface area (Å²) in [5, 5.41) is 10.2. The van der Waals surface area contributed by atoms with Crippen molar-refractivity contribution in [3.05, 3.63) is 0 Å². The molecule has 2 heteroatoms. The zero-order valence-corrected chi connectivity index (χ0v) is 2.65. The first-order valence-corrected chi connectivity index (χ1v) is 1.17. The second kappa shape index (κ2) is 2.92. The van der Waals surface area contributed by atoms with Crippen LogP contribution in [-0.2, 0) is 0 Å². The van der Waals surface area contributed by atoms with Crippen LogP contribution in [0.3, 0.4) is 0 Å². The Morgan fingerprint density at radius 1 is 2.00 bits per heavy atom. The van der Waals surface area contributed by atoms with E-state index in [-0.39, 0.29) is 6.73 Å². The number of hydrogen-bond donors (Lipinski definition) is 2. The summed E-state index contributed by atoms with van der Waals surface area (Å²) in [5.41, 5.74) is 0. The largest absolute Gasteiger partial charge is 0.381 e. The molecule has 0 fully saturated rings. The van der Waals surface area contributed by atoms with Gasteiger partial charge >= 0.3 is 0 Å². The molecule has 2 nitrogen and oxygen atoms in total. The van der Waals surface area contributed by atoms with E-state index in [0.29, 0.717) is 0 Å². The van der Waals surface area contributed by atoms with Crippen LogP contribution in [0.4, 0.5) is 0 Å². The Hall–Kier alpha value is -0.0800. The van der Waals surface area contributed by atoms with Crippen molar-refractivity contribution in [2.24, 2.45) is 0 Å². The Kier molecular flexibility index (Phi) is 2.86. The fourth-order valence-electron chi connectivity index (χ4n) is 0. The van der Waals surface area contributed by atoms with Gasteiger partial charge in [0.15, 0.2) is 0 Å². The van der Waals surface area contributed by atoms with Crippen LogP contribution in [0.2, 0.25) is 0 Å². The maximum Gasteiger partial charge on any atom is 0.0929 e. The zero-order valence-electron chi connectivity index (χ0n) is 2.65. The molecule has 0 atom stereocenters. The van der Waals surface area contributed by atoms with Gasteiger partial charge in [0, 0.05) is 0 Å². The van der Waals surface area contributed by atoms with E-state index in [2.05, 4.69) is 5.32 Å². The minimum atomic E-state index is 0.0694. The predicted molar refractivity (Wildman–Crippen MR) is 16.1 cm³/mol. The minimum absolute atomic E-state index is 0.0694. The molecule has 0 aromatic rings. The lowest BCUT2D eigenvalue weighted by Crippen LogP contribution is -2.04. The molecule has 0 bridgehead atoms. The Labute approximate surface area is 25.4 Å². The first kappa shape index (κ1) is 3.92. The maximum atomic E-state index is 7.76. The van der Waals surface area contributed by atoms with Crippen molar-refractivity contribution in [2.75, 3.05) is 13.8 Å². The Morgan fingerprint density at radius 3 is 2.25 bits per heavy atom. The second-order valence-electron chi connectivity index (χ2n) is 0.512. The third kappa shape index (κ3) is 1.92. The standard InChI is InChI=1S/C2H7NO/c1-3-2-4/h3-4H,2H2,1H3. The van der Waals surface area contributed by atoms with Crippen molar-refractivity contribution in [3.63, 3.8) is 0 Å². The molecule has 0 saturated carbocycles. The lowest BCUT2D eigenvalue weighted by Gasteiger charge is -1.76. The predicted octanol–water partition coefficient (Wildman–Crippen LogP) is -0.844. The lowest BCUT2D eigenvalue weighted by molar-refractivity contribution is 0.273. The van der Waals surface area contributed by atoms with Crippen LogP contribution in [0, 0.1) is 0 Å². The van der Waals surface area contributed by atoms with Crippen molar-refractivity contribution >= 4 is 0 Å². The van der Waals surface area contributed by atoms with E-state index in [1.165, 1.54) is 0 Å². The molecule has 0 aliphatic carbocycles. The molecule has 26 valence electrons. The highest BCUT2D eigenvalue weighted by molar-refractivity contribution is 4.02. The van der Waals surface area contributed by atoms with Crippen LogP contribution in [0.15, 0.2) is 0 Å². The first-order valence-electron chi connectivity index (χ1n) is 1.17. The lowest BCUT2D eigenvalue weighted by atomic mass is 11.2. The second-order valence-corrected chi connectivity index (χ2v) is 0.512. The van der Waals surface area contributed by atoms with Crippen molar-refractivity contribution < 1.29 is 5.11 Å². The number of nitrogens with one attached hydrogen (secondary N) is 1. The molecule has 4 heavy (non-hydrogen) atoms. The summed E-state index contributed by atoms with van der Waals surface area (Å²) in [6, 6.07) is 0. The zero-order chi connectivity index (χ0) is 3.41. The van der Waals surface area contributed by atoms with Crippen LogP contribution < -0.4 is 5.32 Å². The van der Waals surface area contributed by atoms with Gasteiger partial charge in [-0.2, -0.15) is 0 Å². The third-order valence-electron chi connectivity index (χ3n) is 0.158. The third-order valence-corrected chi connectivity index (χ3v) is 0.158. The van der Waals surface area contributed by atoms with Crippen LogP contribution >= 0.6 is 0 Å². The Balaban J connectivity index is 1.97. The average molecular weight is 61.1 g/mol. The van der Waals surface area contributed by atoms with Gasteiger partial charge in [0.25, 0.3) is 0 Å². The van der Waals surface area contributed by atoms with Crippen molar-refractivity contribution in [1.29, 1.82) is 0 Å². The molecule has 0 heterocycles. The fourth-order valence-corrected chi connectivity index (χ4v) is 0. The number of aliphatic hydroxyl groups is 1. The molecule has 0 spiro atoms. The highest BCUT2D eigenvalue weighted by Crippen LogP contribution is 1.24. The molecule has 0 radical (unpaired) electrons. The summed E-state index contributed by atoms with van der Waals surface area (Å²) < 4.78 is 0. The smallest absolute Gasteiger partial charge is 0.0929 e. The SMILES string of the molecule is CNCO. The van der Waals surface area contributed by atoms with Crippen molar-refractivity contribution in [3.8, 4) is 0 Å². The molecule has 0 amide bonds. The summed E-state index contributed by atoms with van der Waals surface area (Å²) in [6.07, 6.45) is 0. The molecular formula is C2H7NO. The molecule has 0 aliphatic heterocycles. The van der Waals surface area contributed by atoms with Gasteiger partial charge in [0.1, 0.15) is 0 Å². The summed E-state index contributed by atoms with van der Waals surface area (Å²) in [6.45, 7) is 0.0694. The minimum Gasteiger partial charge on any atom is -0.381 e. The highest BCUT2D eigenvalue weighted by atomic mass is 16.3. The van der Waals surface area contributed by atoms with E-state index < -0.39 is 0 Å². The summed E-state index contributed by atoms with van der Waals surface area (Å²) >= 11 is 0. The maximum absolute atomic E-state index is 7.76. The topological polar surface area (TPSA) is 32.3 Å². The van der Waals surface area contributed by atoms with Crippen LogP contribution in [0.25, 0.3) is 0 Å². The fraction of sp³-hybridized carbons (Fsp3) is 1.00. The van der Waals surface area contributed by atoms with Gasteiger partial charge in [-0.3, -0.25) is 5.32 Å². The molecule has 0 aromatic carbocycles. The molecular weight excluding hydrogens is 54.0 g/mol. The molecule has 2 N–H and O–H groups in total. The van der Waals surface area contributed by atoms with Gasteiger partial charge in [-0.05, 0) is 7.05 Å². The molecule has 0 aromatic heterocycles. The Morgan fingerprint density at radius 2 is 2.25 bits per heavy atom. The van der Waals surface area contributed by atoms with E-state index in [0.717, 1.165) is 0 Å². The van der Waals surface area contributed by atoms with Gasteiger partial charge in [0.05, 0.1) is 6.73 Å². The van der Waals surface area contributed by atoms with Gasteiger partial charge in [-0.15, -0.1) is 0 Å². The van der Waals surface area contributed by atoms with E-state index in [4.69, 9.17) is 5.11 Å². The van der Waals surface area contributed by atoms with Crippen molar-refractivity contribution in [2.45, 2.75) is 0 Å². The highest BCUT2D eigenvalue weighted by Gasteiger charge is 1.50. The van der Waals surface area contributed by atoms with Gasteiger partial charge in [-0.25, -0.2) is 0 Å². The van der Waals surface area contributed by atoms with Crippen LogP contribution in [0.1, 0.15) is 0 Å². The van der Waals surface area contributed by atoms with E-state index in [1.807, 2.05) is 0 Å². The Bertz CT molecular complexity index is 8.00. The van der Waals surface area contributed by atoms with Crippen LogP contribution in [0.5, 0.6) is 0 Å². The van der Waals surface area contributed by atoms with E-state index >= 15 is 0 Å². The average Bonchev–Trinajstić information content (AvgIpc) is 1.37. The summed E-state index contributed by atoms with van der Waals surface area (Å²) in [4.78, 5) is 0.